The molecular formula is C15H16N2OS. The predicted octanol–water partition coefficient (Wildman–Crippen LogP) is 2.76. The Balaban J connectivity index is 1.55. The van der Waals surface area contributed by atoms with Crippen LogP contribution < -0.4 is 5.32 Å². The van der Waals surface area contributed by atoms with Gasteiger partial charge < -0.3 is 5.32 Å². The minimum atomic E-state index is 0.180. The molecule has 1 saturated carbocycles. The third-order valence-corrected chi connectivity index (χ3v) is 4.18. The van der Waals surface area contributed by atoms with Crippen molar-refractivity contribution in [1.82, 2.24) is 10.3 Å². The number of nitrogens with one attached hydrogen (secondary N) is 1. The Morgan fingerprint density at radius 2 is 2.11 bits per heavy atom. The molecule has 1 fully saturated rings. The Bertz CT molecular complexity index is 561. The van der Waals surface area contributed by atoms with E-state index < -0.39 is 0 Å². The molecule has 1 aromatic heterocycles. The lowest BCUT2D eigenvalue weighted by molar-refractivity contribution is -0.122. The van der Waals surface area contributed by atoms with Crippen LogP contribution in [0.25, 0.3) is 0 Å². The average molecular weight is 272 g/mol. The molecular weight excluding hydrogens is 256 g/mol. The smallest absolute Gasteiger partial charge is 0.223 e. The zero-order valence-electron chi connectivity index (χ0n) is 10.6. The molecule has 1 aromatic carbocycles. The number of hydrogen-bond acceptors (Lipinski definition) is 3. The van der Waals surface area contributed by atoms with Crippen LogP contribution in [0.1, 0.15) is 28.3 Å². The summed E-state index contributed by atoms with van der Waals surface area (Å²) in [6.07, 6.45) is 4.91. The Morgan fingerprint density at radius 3 is 2.84 bits per heavy atom. The van der Waals surface area contributed by atoms with E-state index >= 15 is 0 Å². The van der Waals surface area contributed by atoms with Gasteiger partial charge >= 0.3 is 0 Å². The van der Waals surface area contributed by atoms with E-state index in [9.17, 15) is 4.79 Å². The lowest BCUT2D eigenvalue weighted by atomic mass is 10.1. The summed E-state index contributed by atoms with van der Waals surface area (Å²) >= 11 is 1.68. The van der Waals surface area contributed by atoms with Crippen LogP contribution in [-0.4, -0.2) is 10.9 Å². The zero-order chi connectivity index (χ0) is 13.1. The van der Waals surface area contributed by atoms with E-state index in [-0.39, 0.29) is 11.8 Å². The summed E-state index contributed by atoms with van der Waals surface area (Å²) in [5.41, 5.74) is 1.29. The van der Waals surface area contributed by atoms with Gasteiger partial charge in [-0.3, -0.25) is 4.79 Å². The van der Waals surface area contributed by atoms with Gasteiger partial charge in [0.25, 0.3) is 0 Å². The average Bonchev–Trinajstić information content (AvgIpc) is 3.19. The lowest BCUT2D eigenvalue weighted by Gasteiger charge is -2.00. The molecule has 0 bridgehead atoms. The van der Waals surface area contributed by atoms with Gasteiger partial charge in [0, 0.05) is 23.4 Å². The summed E-state index contributed by atoms with van der Waals surface area (Å²) in [6.45, 7) is 0.564. The molecule has 0 saturated heterocycles. The summed E-state index contributed by atoms with van der Waals surface area (Å²) in [5, 5.41) is 3.93. The fourth-order valence-corrected chi connectivity index (χ4v) is 2.86. The molecule has 3 nitrogen and oxygen atoms in total. The molecule has 0 unspecified atom stereocenters. The summed E-state index contributed by atoms with van der Waals surface area (Å²) in [5.74, 6) is 0.448. The molecule has 0 radical (unpaired) electrons. The van der Waals surface area contributed by atoms with Gasteiger partial charge in [0.05, 0.1) is 6.54 Å². The van der Waals surface area contributed by atoms with Crippen LogP contribution >= 0.6 is 11.3 Å². The highest BCUT2D eigenvalue weighted by Gasteiger charge is 2.29. The second-order valence-electron chi connectivity index (χ2n) is 4.87. The first-order valence-electron chi connectivity index (χ1n) is 6.56. The van der Waals surface area contributed by atoms with Gasteiger partial charge in [0.15, 0.2) is 0 Å². The second-order valence-corrected chi connectivity index (χ2v) is 6.07. The van der Waals surface area contributed by atoms with E-state index in [1.165, 1.54) is 10.4 Å². The number of rotatable bonds is 5. The maximum absolute atomic E-state index is 11.5. The highest BCUT2D eigenvalue weighted by molar-refractivity contribution is 7.11. The Kier molecular flexibility index (Phi) is 3.60. The first-order valence-corrected chi connectivity index (χ1v) is 7.38. The van der Waals surface area contributed by atoms with E-state index in [0.29, 0.717) is 6.54 Å². The number of amides is 1. The fourth-order valence-electron chi connectivity index (χ4n) is 1.96. The Hall–Kier alpha value is -1.68. The topological polar surface area (TPSA) is 42.0 Å². The van der Waals surface area contributed by atoms with Crippen molar-refractivity contribution < 1.29 is 4.79 Å². The zero-order valence-corrected chi connectivity index (χ0v) is 11.5. The molecule has 2 aromatic rings. The molecule has 1 N–H and O–H groups in total. The number of nitrogens with zero attached hydrogens (tertiary/aromatic N) is 1. The van der Waals surface area contributed by atoms with Crippen molar-refractivity contribution in [2.24, 2.45) is 5.92 Å². The third kappa shape index (κ3) is 3.41. The molecule has 0 aliphatic heterocycles. The molecule has 1 heterocycles. The lowest BCUT2D eigenvalue weighted by Crippen LogP contribution is -2.23. The number of aromatic nitrogens is 1. The maximum Gasteiger partial charge on any atom is 0.223 e. The number of thiazole rings is 1. The van der Waals surface area contributed by atoms with Crippen LogP contribution in [0.4, 0.5) is 0 Å². The summed E-state index contributed by atoms with van der Waals surface area (Å²) in [6, 6.07) is 10.4. The van der Waals surface area contributed by atoms with Crippen molar-refractivity contribution in [3.63, 3.8) is 0 Å². The minimum Gasteiger partial charge on any atom is -0.349 e. The van der Waals surface area contributed by atoms with Crippen molar-refractivity contribution in [2.45, 2.75) is 25.8 Å². The summed E-state index contributed by atoms with van der Waals surface area (Å²) in [4.78, 5) is 17.1. The number of hydrogen-bond donors (Lipinski definition) is 1. The van der Waals surface area contributed by atoms with E-state index in [1.54, 1.807) is 11.3 Å². The van der Waals surface area contributed by atoms with Crippen LogP contribution in [-0.2, 0) is 17.8 Å². The van der Waals surface area contributed by atoms with E-state index in [4.69, 9.17) is 0 Å². The van der Waals surface area contributed by atoms with Crippen molar-refractivity contribution in [2.75, 3.05) is 0 Å². The fraction of sp³-hybridized carbons (Fsp3) is 0.333. The molecule has 98 valence electrons. The van der Waals surface area contributed by atoms with Crippen molar-refractivity contribution in [3.8, 4) is 0 Å². The largest absolute Gasteiger partial charge is 0.349 e. The molecule has 0 spiro atoms. The third-order valence-electron chi connectivity index (χ3n) is 3.18. The van der Waals surface area contributed by atoms with E-state index in [2.05, 4.69) is 22.4 Å². The first-order chi connectivity index (χ1) is 9.31. The minimum absolute atomic E-state index is 0.180. The predicted molar refractivity (Wildman–Crippen MR) is 75.9 cm³/mol. The summed E-state index contributed by atoms with van der Waals surface area (Å²) < 4.78 is 0. The first kappa shape index (κ1) is 12.4. The monoisotopic (exact) mass is 272 g/mol. The highest BCUT2D eigenvalue weighted by atomic mass is 32.1. The van der Waals surface area contributed by atoms with Gasteiger partial charge in [-0.2, -0.15) is 0 Å². The maximum atomic E-state index is 11.5. The van der Waals surface area contributed by atoms with Crippen molar-refractivity contribution in [3.05, 3.63) is 52.0 Å². The highest BCUT2D eigenvalue weighted by Crippen LogP contribution is 2.28. The normalized spacial score (nSPS) is 14.3. The van der Waals surface area contributed by atoms with Gasteiger partial charge in [-0.05, 0) is 18.4 Å². The molecule has 0 atom stereocenters. The van der Waals surface area contributed by atoms with Gasteiger partial charge in [-0.15, -0.1) is 11.3 Å². The molecule has 1 aliphatic carbocycles. The van der Waals surface area contributed by atoms with Crippen LogP contribution in [0.3, 0.4) is 0 Å². The molecule has 1 aliphatic rings. The SMILES string of the molecule is O=C(NCc1ncc(Cc2ccccc2)s1)C1CC1. The number of carbonyl (C=O) groups excluding carboxylic acids is 1. The van der Waals surface area contributed by atoms with Crippen LogP contribution in [0.5, 0.6) is 0 Å². The van der Waals surface area contributed by atoms with Crippen molar-refractivity contribution >= 4 is 17.2 Å². The van der Waals surface area contributed by atoms with Crippen LogP contribution in [0.15, 0.2) is 36.5 Å². The quantitative estimate of drug-likeness (QED) is 0.909. The second kappa shape index (κ2) is 5.53. The van der Waals surface area contributed by atoms with Crippen LogP contribution in [0, 0.1) is 5.92 Å². The number of carbonyl (C=O) groups is 1. The van der Waals surface area contributed by atoms with Gasteiger partial charge in [0.1, 0.15) is 5.01 Å². The Morgan fingerprint density at radius 1 is 1.32 bits per heavy atom. The van der Waals surface area contributed by atoms with Crippen LogP contribution in [0.2, 0.25) is 0 Å². The van der Waals surface area contributed by atoms with Gasteiger partial charge in [0.2, 0.25) is 5.91 Å². The van der Waals surface area contributed by atoms with E-state index in [0.717, 1.165) is 24.3 Å². The van der Waals surface area contributed by atoms with Gasteiger partial charge in [-0.1, -0.05) is 30.3 Å². The standard InChI is InChI=1S/C15H16N2OS/c18-15(12-6-7-12)17-10-14-16-9-13(19-14)8-11-4-2-1-3-5-11/h1-5,9,12H,6-8,10H2,(H,17,18). The molecule has 3 rings (SSSR count). The van der Waals surface area contributed by atoms with E-state index in [1.807, 2.05) is 24.4 Å². The molecule has 1 amide bonds. The molecule has 19 heavy (non-hydrogen) atoms. The summed E-state index contributed by atoms with van der Waals surface area (Å²) in [7, 11) is 0. The van der Waals surface area contributed by atoms with Gasteiger partial charge in [-0.25, -0.2) is 4.98 Å². The molecule has 4 heteroatoms. The Labute approximate surface area is 116 Å². The van der Waals surface area contributed by atoms with Crippen molar-refractivity contribution in [1.29, 1.82) is 0 Å². The number of benzene rings is 1.